The van der Waals surface area contributed by atoms with Crippen LogP contribution in [0.25, 0.3) is 0 Å². The number of carbonyl (C=O) groups is 1. The summed E-state index contributed by atoms with van der Waals surface area (Å²) in [6.07, 6.45) is -4.31. The van der Waals surface area contributed by atoms with Gasteiger partial charge in [0.2, 0.25) is 5.91 Å². The van der Waals surface area contributed by atoms with Crippen molar-refractivity contribution in [2.24, 2.45) is 5.41 Å². The van der Waals surface area contributed by atoms with Gasteiger partial charge in [-0.25, -0.2) is 5.48 Å². The van der Waals surface area contributed by atoms with E-state index in [0.717, 1.165) is 0 Å². The van der Waals surface area contributed by atoms with Crippen molar-refractivity contribution in [2.45, 2.75) is 33.4 Å². The fourth-order valence-corrected chi connectivity index (χ4v) is 0.716. The van der Waals surface area contributed by atoms with E-state index in [0.29, 0.717) is 0 Å². The number of nitrogens with one attached hydrogen (secondary N) is 1. The fraction of sp³-hybridized carbons (Fsp3) is 0.875. The number of hydrogen-bond donors (Lipinski definition) is 1. The van der Waals surface area contributed by atoms with Gasteiger partial charge in [0.1, 0.15) is 0 Å². The molecule has 0 aromatic rings. The molecule has 0 saturated carbocycles. The molecule has 14 heavy (non-hydrogen) atoms. The number of alkyl halides is 3. The summed E-state index contributed by atoms with van der Waals surface area (Å²) in [6.45, 7) is 3.94. The van der Waals surface area contributed by atoms with Gasteiger partial charge in [0.05, 0.1) is 0 Å². The Morgan fingerprint density at radius 2 is 1.79 bits per heavy atom. The molecule has 0 saturated heterocycles. The molecule has 0 bridgehead atoms. The van der Waals surface area contributed by atoms with Crippen LogP contribution in [-0.4, -0.2) is 18.7 Å². The van der Waals surface area contributed by atoms with Crippen LogP contribution in [0.3, 0.4) is 0 Å². The number of halogens is 3. The van der Waals surface area contributed by atoms with Crippen LogP contribution < -0.4 is 5.48 Å². The van der Waals surface area contributed by atoms with Crippen molar-refractivity contribution in [1.29, 1.82) is 0 Å². The molecule has 0 aromatic carbocycles. The minimum absolute atomic E-state index is 0.116. The van der Waals surface area contributed by atoms with E-state index in [1.807, 2.05) is 0 Å². The summed E-state index contributed by atoms with van der Waals surface area (Å²) in [6, 6.07) is 0. The second-order valence-electron chi connectivity index (χ2n) is 4.17. The molecule has 0 atom stereocenters. The molecule has 0 aliphatic carbocycles. The lowest BCUT2D eigenvalue weighted by molar-refractivity contribution is -0.192. The number of hydrogen-bond acceptors (Lipinski definition) is 2. The molecule has 3 nitrogen and oxygen atoms in total. The lowest BCUT2D eigenvalue weighted by Crippen LogP contribution is -2.31. The summed E-state index contributed by atoms with van der Waals surface area (Å²) < 4.78 is 34.7. The van der Waals surface area contributed by atoms with E-state index >= 15 is 0 Å². The van der Waals surface area contributed by atoms with Crippen molar-refractivity contribution in [3.63, 3.8) is 0 Å². The average molecular weight is 213 g/mol. The van der Waals surface area contributed by atoms with Gasteiger partial charge >= 0.3 is 6.18 Å². The molecule has 0 aliphatic rings. The van der Waals surface area contributed by atoms with E-state index in [1.165, 1.54) is 0 Å². The summed E-state index contributed by atoms with van der Waals surface area (Å²) in [5.41, 5.74) is 1.46. The fourth-order valence-electron chi connectivity index (χ4n) is 0.716. The van der Waals surface area contributed by atoms with E-state index in [-0.39, 0.29) is 11.8 Å². The zero-order valence-corrected chi connectivity index (χ0v) is 8.36. The van der Waals surface area contributed by atoms with E-state index in [9.17, 15) is 18.0 Å². The third-order valence-corrected chi connectivity index (χ3v) is 1.11. The Morgan fingerprint density at radius 3 is 2.14 bits per heavy atom. The van der Waals surface area contributed by atoms with Gasteiger partial charge in [-0.3, -0.25) is 9.63 Å². The van der Waals surface area contributed by atoms with Crippen LogP contribution in [0.5, 0.6) is 0 Å². The smallest absolute Gasteiger partial charge is 0.273 e. The first-order valence-electron chi connectivity index (χ1n) is 4.07. The second-order valence-corrected chi connectivity index (χ2v) is 4.17. The maximum Gasteiger partial charge on any atom is 0.414 e. The van der Waals surface area contributed by atoms with Crippen molar-refractivity contribution in [1.82, 2.24) is 5.48 Å². The van der Waals surface area contributed by atoms with Crippen LogP contribution >= 0.6 is 0 Å². The first-order valence-corrected chi connectivity index (χ1v) is 4.07. The van der Waals surface area contributed by atoms with Crippen LogP contribution in [0, 0.1) is 5.41 Å². The Labute approximate surface area is 80.6 Å². The molecule has 1 amide bonds. The normalized spacial score (nSPS) is 12.7. The van der Waals surface area contributed by atoms with Crippen LogP contribution in [0.15, 0.2) is 0 Å². The SMILES string of the molecule is CC(C)(C)CC(=O)NOCC(F)(F)F. The van der Waals surface area contributed by atoms with Crippen molar-refractivity contribution in [3.8, 4) is 0 Å². The predicted molar refractivity (Wildman–Crippen MR) is 44.2 cm³/mol. The quantitative estimate of drug-likeness (QED) is 0.728. The highest BCUT2D eigenvalue weighted by molar-refractivity contribution is 5.75. The molecule has 0 radical (unpaired) electrons. The van der Waals surface area contributed by atoms with Gasteiger partial charge in [0, 0.05) is 6.42 Å². The molecule has 6 heteroatoms. The van der Waals surface area contributed by atoms with Crippen LogP contribution in [-0.2, 0) is 9.63 Å². The third kappa shape index (κ3) is 9.31. The van der Waals surface area contributed by atoms with Gasteiger partial charge in [0.25, 0.3) is 0 Å². The summed E-state index contributed by atoms with van der Waals surface area (Å²) in [5.74, 6) is -0.554. The van der Waals surface area contributed by atoms with E-state index < -0.39 is 18.7 Å². The van der Waals surface area contributed by atoms with Gasteiger partial charge in [-0.1, -0.05) is 20.8 Å². The number of carbonyl (C=O) groups excluding carboxylic acids is 1. The van der Waals surface area contributed by atoms with Crippen LogP contribution in [0.4, 0.5) is 13.2 Å². The minimum atomic E-state index is -4.42. The van der Waals surface area contributed by atoms with E-state index in [4.69, 9.17) is 0 Å². The van der Waals surface area contributed by atoms with E-state index in [1.54, 1.807) is 26.3 Å². The zero-order chi connectivity index (χ0) is 11.4. The summed E-state index contributed by atoms with van der Waals surface area (Å²) in [5, 5.41) is 0. The van der Waals surface area contributed by atoms with Crippen LogP contribution in [0.2, 0.25) is 0 Å². The molecule has 1 N–H and O–H groups in total. The number of rotatable bonds is 3. The first-order chi connectivity index (χ1) is 6.10. The highest BCUT2D eigenvalue weighted by Gasteiger charge is 2.28. The van der Waals surface area contributed by atoms with Crippen molar-refractivity contribution in [3.05, 3.63) is 0 Å². The molecule has 0 fully saturated rings. The largest absolute Gasteiger partial charge is 0.414 e. The van der Waals surface area contributed by atoms with Gasteiger partial charge in [-0.05, 0) is 5.41 Å². The van der Waals surface area contributed by atoms with Crippen molar-refractivity contribution < 1.29 is 22.8 Å². The summed E-state index contributed by atoms with van der Waals surface area (Å²) in [7, 11) is 0. The van der Waals surface area contributed by atoms with Gasteiger partial charge < -0.3 is 0 Å². The molecule has 84 valence electrons. The summed E-state index contributed by atoms with van der Waals surface area (Å²) >= 11 is 0. The first kappa shape index (κ1) is 13.2. The maximum absolute atomic E-state index is 11.6. The molecule has 0 heterocycles. The Morgan fingerprint density at radius 1 is 1.29 bits per heavy atom. The topological polar surface area (TPSA) is 38.3 Å². The molecule has 0 unspecified atom stereocenters. The minimum Gasteiger partial charge on any atom is -0.273 e. The predicted octanol–water partition coefficient (Wildman–Crippen LogP) is 2.03. The zero-order valence-electron chi connectivity index (χ0n) is 8.36. The molecule has 0 rings (SSSR count). The molecule has 0 aliphatic heterocycles. The van der Waals surface area contributed by atoms with Crippen molar-refractivity contribution in [2.75, 3.05) is 6.61 Å². The lowest BCUT2D eigenvalue weighted by Gasteiger charge is -2.17. The summed E-state index contributed by atoms with van der Waals surface area (Å²) in [4.78, 5) is 14.9. The number of amides is 1. The molecular weight excluding hydrogens is 199 g/mol. The lowest BCUT2D eigenvalue weighted by atomic mass is 9.92. The molecule has 0 spiro atoms. The highest BCUT2D eigenvalue weighted by Crippen LogP contribution is 2.18. The van der Waals surface area contributed by atoms with Crippen molar-refractivity contribution >= 4 is 5.91 Å². The Balaban J connectivity index is 3.66. The molecular formula is C8H14F3NO2. The third-order valence-electron chi connectivity index (χ3n) is 1.11. The number of hydroxylamine groups is 1. The van der Waals surface area contributed by atoms with Gasteiger partial charge in [0.15, 0.2) is 6.61 Å². The molecule has 0 aromatic heterocycles. The average Bonchev–Trinajstić information content (AvgIpc) is 1.78. The van der Waals surface area contributed by atoms with Gasteiger partial charge in [-0.2, -0.15) is 13.2 Å². The Hall–Kier alpha value is -0.780. The monoisotopic (exact) mass is 213 g/mol. The second kappa shape index (κ2) is 4.63. The van der Waals surface area contributed by atoms with E-state index in [2.05, 4.69) is 4.84 Å². The standard InChI is InChI=1S/C8H14F3NO2/c1-7(2,3)4-6(13)12-14-5-8(9,10)11/h4-5H2,1-3H3,(H,12,13). The highest BCUT2D eigenvalue weighted by atomic mass is 19.4. The maximum atomic E-state index is 11.6. The van der Waals surface area contributed by atoms with Crippen LogP contribution in [0.1, 0.15) is 27.2 Å². The Bertz CT molecular complexity index is 196. The van der Waals surface area contributed by atoms with Gasteiger partial charge in [-0.15, -0.1) is 0 Å². The Kier molecular flexibility index (Phi) is 4.38.